The summed E-state index contributed by atoms with van der Waals surface area (Å²) in [6.45, 7) is 0. The number of aryl methyl sites for hydroxylation is 1. The molecule has 0 bridgehead atoms. The van der Waals surface area contributed by atoms with Crippen LogP contribution in [0.2, 0.25) is 0 Å². The molecule has 0 atom stereocenters. The molecule has 214 valence electrons. The summed E-state index contributed by atoms with van der Waals surface area (Å²) in [6.07, 6.45) is 14.8. The number of hydrogen-bond donors (Lipinski definition) is 0. The van der Waals surface area contributed by atoms with Gasteiger partial charge in [0.15, 0.2) is 0 Å². The average molecular weight is 578 g/mol. The lowest BCUT2D eigenvalue weighted by molar-refractivity contribution is 0.407. The lowest BCUT2D eigenvalue weighted by Crippen LogP contribution is -2.31. The van der Waals surface area contributed by atoms with Crippen LogP contribution in [0.5, 0.6) is 5.75 Å². The minimum Gasteiger partial charge on any atom is -0.460 e. The molecule has 0 fully saturated rings. The summed E-state index contributed by atoms with van der Waals surface area (Å²) in [7, 11) is 0. The Morgan fingerprint density at radius 3 is 2.24 bits per heavy atom. The Hall–Kier alpha value is -5.47. The third-order valence-electron chi connectivity index (χ3n) is 9.48. The molecule has 0 N–H and O–H groups in total. The highest BCUT2D eigenvalue weighted by atomic mass is 16.5. The van der Waals surface area contributed by atoms with Crippen LogP contribution in [0, 0.1) is 0 Å². The molecule has 2 heteroatoms. The van der Waals surface area contributed by atoms with Gasteiger partial charge in [-0.25, -0.2) is 0 Å². The number of benzene rings is 6. The highest BCUT2D eigenvalue weighted by Gasteiger charge is 2.21. The first-order valence-electron chi connectivity index (χ1n) is 15.9. The Morgan fingerprint density at radius 1 is 0.578 bits per heavy atom. The highest BCUT2D eigenvalue weighted by Crippen LogP contribution is 2.38. The van der Waals surface area contributed by atoms with Gasteiger partial charge in [0.2, 0.25) is 0 Å². The normalized spacial score (nSPS) is 13.9. The molecule has 0 radical (unpaired) electrons. The fourth-order valence-electron chi connectivity index (χ4n) is 7.36. The van der Waals surface area contributed by atoms with Gasteiger partial charge in [0.25, 0.3) is 0 Å². The van der Waals surface area contributed by atoms with Crippen molar-refractivity contribution in [3.63, 3.8) is 0 Å². The number of ether oxygens (including phenoxy) is 1. The maximum Gasteiger partial charge on any atom is 0.142 e. The molecule has 7 aromatic rings. The predicted molar refractivity (Wildman–Crippen MR) is 188 cm³/mol. The minimum absolute atomic E-state index is 0.868. The largest absolute Gasteiger partial charge is 0.460 e. The van der Waals surface area contributed by atoms with Crippen molar-refractivity contribution in [3.8, 4) is 28.0 Å². The Bertz CT molecular complexity index is 2450. The molecule has 2 nitrogen and oxygen atoms in total. The van der Waals surface area contributed by atoms with Gasteiger partial charge in [-0.3, -0.25) is 4.98 Å². The molecule has 2 aliphatic rings. The van der Waals surface area contributed by atoms with Gasteiger partial charge in [-0.2, -0.15) is 0 Å². The van der Waals surface area contributed by atoms with E-state index in [0.717, 1.165) is 48.0 Å². The highest BCUT2D eigenvalue weighted by molar-refractivity contribution is 6.16. The first kappa shape index (κ1) is 26.0. The predicted octanol–water partition coefficient (Wildman–Crippen LogP) is 9.60. The summed E-state index contributed by atoms with van der Waals surface area (Å²) in [5, 5.41) is 9.74. The van der Waals surface area contributed by atoms with E-state index in [4.69, 9.17) is 4.74 Å². The Kier molecular flexibility index (Phi) is 6.12. The van der Waals surface area contributed by atoms with Crippen molar-refractivity contribution < 1.29 is 4.74 Å². The molecule has 0 aliphatic heterocycles. The Morgan fingerprint density at radius 2 is 1.36 bits per heavy atom. The molecule has 2 aliphatic carbocycles. The lowest BCUT2D eigenvalue weighted by Gasteiger charge is -2.22. The van der Waals surface area contributed by atoms with Gasteiger partial charge in [0.1, 0.15) is 11.5 Å². The SMILES string of the molecule is C1=C(Oc2c3c(c(-c4cc5ccccc5c5ccccc45)c4cnccc24)=CCCC=3)CCc2cc(-c3ccccc3)ccc21. The topological polar surface area (TPSA) is 22.1 Å². The standard InChI is InChI=1S/C43H31NO/c1-2-10-28(11-3-1)29-18-19-31-25-33(21-20-30(31)24-29)45-43-38-17-9-8-16-37(38)42(41-27-44-23-22-39(41)43)40-26-32-12-4-5-13-34(32)35-14-6-7-15-36(35)40/h1-7,10-19,22-27H,8-9,20-21H2. The third kappa shape index (κ3) is 4.37. The second kappa shape index (κ2) is 10.6. The zero-order chi connectivity index (χ0) is 29.7. The molecule has 0 saturated heterocycles. The van der Waals surface area contributed by atoms with Gasteiger partial charge in [-0.05, 0) is 97.6 Å². The van der Waals surface area contributed by atoms with Gasteiger partial charge in [0, 0.05) is 34.8 Å². The van der Waals surface area contributed by atoms with Crippen LogP contribution in [0.25, 0.3) is 72.8 Å². The Labute approximate surface area is 262 Å². The maximum absolute atomic E-state index is 6.97. The molecule has 6 aromatic carbocycles. The number of fused-ring (bicyclic) bond motifs is 6. The van der Waals surface area contributed by atoms with Crippen molar-refractivity contribution in [1.29, 1.82) is 0 Å². The first-order valence-corrected chi connectivity index (χ1v) is 15.9. The molecule has 0 unspecified atom stereocenters. The molecule has 1 heterocycles. The number of nitrogens with zero attached hydrogens (tertiary/aromatic N) is 1. The van der Waals surface area contributed by atoms with E-state index in [-0.39, 0.29) is 0 Å². The van der Waals surface area contributed by atoms with Crippen LogP contribution in [-0.4, -0.2) is 4.98 Å². The van der Waals surface area contributed by atoms with E-state index in [0.29, 0.717) is 0 Å². The van der Waals surface area contributed by atoms with Crippen molar-refractivity contribution in [2.75, 3.05) is 0 Å². The van der Waals surface area contributed by atoms with Gasteiger partial charge in [-0.1, -0.05) is 109 Å². The van der Waals surface area contributed by atoms with Crippen LogP contribution < -0.4 is 15.2 Å². The van der Waals surface area contributed by atoms with Crippen LogP contribution in [0.4, 0.5) is 0 Å². The molecule has 9 rings (SSSR count). The third-order valence-corrected chi connectivity index (χ3v) is 9.48. The van der Waals surface area contributed by atoms with Gasteiger partial charge >= 0.3 is 0 Å². The first-order chi connectivity index (χ1) is 22.3. The number of rotatable bonds is 4. The second-order valence-corrected chi connectivity index (χ2v) is 12.1. The van der Waals surface area contributed by atoms with Crippen molar-refractivity contribution in [3.05, 3.63) is 149 Å². The Balaban J connectivity index is 1.22. The van der Waals surface area contributed by atoms with Crippen LogP contribution in [0.1, 0.15) is 30.4 Å². The zero-order valence-electron chi connectivity index (χ0n) is 25.0. The number of hydrogen-bond acceptors (Lipinski definition) is 2. The summed E-state index contributed by atoms with van der Waals surface area (Å²) in [6, 6.07) is 39.4. The summed E-state index contributed by atoms with van der Waals surface area (Å²) in [5.41, 5.74) is 7.63. The maximum atomic E-state index is 6.97. The van der Waals surface area contributed by atoms with E-state index >= 15 is 0 Å². The van der Waals surface area contributed by atoms with Crippen molar-refractivity contribution >= 4 is 50.5 Å². The van der Waals surface area contributed by atoms with Gasteiger partial charge < -0.3 is 4.74 Å². The van der Waals surface area contributed by atoms with Gasteiger partial charge in [0.05, 0.1) is 0 Å². The molecule has 45 heavy (non-hydrogen) atoms. The average Bonchev–Trinajstić information content (AvgIpc) is 3.11. The van der Waals surface area contributed by atoms with E-state index in [1.54, 1.807) is 0 Å². The summed E-state index contributed by atoms with van der Waals surface area (Å²) < 4.78 is 6.97. The van der Waals surface area contributed by atoms with Crippen LogP contribution in [0.3, 0.4) is 0 Å². The van der Waals surface area contributed by atoms with Gasteiger partial charge in [-0.15, -0.1) is 0 Å². The monoisotopic (exact) mass is 577 g/mol. The summed E-state index contributed by atoms with van der Waals surface area (Å²) >= 11 is 0. The van der Waals surface area contributed by atoms with E-state index in [1.165, 1.54) is 65.4 Å². The molecule has 0 amide bonds. The zero-order valence-corrected chi connectivity index (χ0v) is 25.0. The van der Waals surface area contributed by atoms with Crippen molar-refractivity contribution in [1.82, 2.24) is 4.98 Å². The van der Waals surface area contributed by atoms with E-state index < -0.39 is 0 Å². The smallest absolute Gasteiger partial charge is 0.142 e. The lowest BCUT2D eigenvalue weighted by atomic mass is 9.87. The summed E-state index contributed by atoms with van der Waals surface area (Å²) in [5.74, 6) is 1.96. The number of pyridine rings is 1. The van der Waals surface area contributed by atoms with Crippen LogP contribution >= 0.6 is 0 Å². The fraction of sp³-hybridized carbons (Fsp3) is 0.0930. The molecule has 1 aromatic heterocycles. The van der Waals surface area contributed by atoms with Crippen LogP contribution in [-0.2, 0) is 6.42 Å². The van der Waals surface area contributed by atoms with E-state index in [1.807, 2.05) is 12.4 Å². The van der Waals surface area contributed by atoms with Crippen molar-refractivity contribution in [2.24, 2.45) is 0 Å². The minimum atomic E-state index is 0.868. The number of allylic oxidation sites excluding steroid dienone is 1. The van der Waals surface area contributed by atoms with E-state index in [2.05, 4.69) is 132 Å². The second-order valence-electron chi connectivity index (χ2n) is 12.1. The number of aromatic nitrogens is 1. The molecular weight excluding hydrogens is 546 g/mol. The quantitative estimate of drug-likeness (QED) is 0.194. The molecular formula is C43H31NO. The molecule has 0 spiro atoms. The van der Waals surface area contributed by atoms with Crippen molar-refractivity contribution in [2.45, 2.75) is 25.7 Å². The van der Waals surface area contributed by atoms with E-state index in [9.17, 15) is 0 Å². The fourth-order valence-corrected chi connectivity index (χ4v) is 7.36. The molecule has 0 saturated carbocycles. The van der Waals surface area contributed by atoms with Crippen LogP contribution in [0.15, 0.2) is 127 Å². The summed E-state index contributed by atoms with van der Waals surface area (Å²) in [4.78, 5) is 4.65.